The van der Waals surface area contributed by atoms with Crippen molar-refractivity contribution in [2.75, 3.05) is 25.5 Å². The van der Waals surface area contributed by atoms with E-state index in [4.69, 9.17) is 16.3 Å². The first-order valence-corrected chi connectivity index (χ1v) is 11.7. The number of nitrogens with one attached hydrogen (secondary N) is 1. The van der Waals surface area contributed by atoms with E-state index in [1.165, 1.54) is 0 Å². The maximum atomic E-state index is 13.0. The van der Waals surface area contributed by atoms with Crippen LogP contribution in [0.25, 0.3) is 10.9 Å². The molecule has 2 aromatic carbocycles. The third-order valence-electron chi connectivity index (χ3n) is 5.47. The molecule has 4 rings (SSSR count). The molecule has 1 aliphatic heterocycles. The van der Waals surface area contributed by atoms with E-state index in [1.807, 2.05) is 12.1 Å². The quantitative estimate of drug-likeness (QED) is 0.594. The Morgan fingerprint density at radius 3 is 2.60 bits per heavy atom. The van der Waals surface area contributed by atoms with Crippen LogP contribution in [-0.2, 0) is 10.0 Å². The molecule has 6 nitrogen and oxygen atoms in total. The lowest BCUT2D eigenvalue weighted by molar-refractivity contribution is 0.288. The summed E-state index contributed by atoms with van der Waals surface area (Å²) < 4.78 is 33.0. The van der Waals surface area contributed by atoms with Gasteiger partial charge in [-0.1, -0.05) is 18.5 Å². The largest absolute Gasteiger partial charge is 0.495 e. The third-order valence-corrected chi connectivity index (χ3v) is 7.60. The van der Waals surface area contributed by atoms with Crippen LogP contribution in [-0.4, -0.2) is 37.9 Å². The molecule has 2 heterocycles. The van der Waals surface area contributed by atoms with Crippen molar-refractivity contribution in [2.45, 2.75) is 24.7 Å². The summed E-state index contributed by atoms with van der Waals surface area (Å²) in [5.74, 6) is 1.84. The highest BCUT2D eigenvalue weighted by Crippen LogP contribution is 2.31. The molecular formula is C22H24ClN3O3S. The number of hydrogen-bond acceptors (Lipinski definition) is 5. The smallest absolute Gasteiger partial charge is 0.243 e. The van der Waals surface area contributed by atoms with Crippen molar-refractivity contribution in [1.29, 1.82) is 0 Å². The SMILES string of the molecule is COc1ccc(Cl)cc1Nc1ccc2cc(S(=O)(=O)N3CCC(C)CC3)ccc2n1. The lowest BCUT2D eigenvalue weighted by Crippen LogP contribution is -2.37. The first-order chi connectivity index (χ1) is 14.4. The van der Waals surface area contributed by atoms with Gasteiger partial charge in [0.2, 0.25) is 10.0 Å². The van der Waals surface area contributed by atoms with Crippen LogP contribution in [0.2, 0.25) is 5.02 Å². The average Bonchev–Trinajstić information content (AvgIpc) is 2.74. The molecule has 0 saturated carbocycles. The molecule has 158 valence electrons. The second-order valence-corrected chi connectivity index (χ2v) is 9.98. The van der Waals surface area contributed by atoms with Crippen LogP contribution in [0.3, 0.4) is 0 Å². The summed E-state index contributed by atoms with van der Waals surface area (Å²) in [5, 5.41) is 4.56. The Hall–Kier alpha value is -2.35. The highest BCUT2D eigenvalue weighted by Gasteiger charge is 2.28. The van der Waals surface area contributed by atoms with E-state index in [9.17, 15) is 8.42 Å². The van der Waals surface area contributed by atoms with E-state index >= 15 is 0 Å². The van der Waals surface area contributed by atoms with Gasteiger partial charge in [0.15, 0.2) is 0 Å². The average molecular weight is 446 g/mol. The topological polar surface area (TPSA) is 71.5 Å². The lowest BCUT2D eigenvalue weighted by atomic mass is 10.0. The Bertz CT molecular complexity index is 1180. The maximum Gasteiger partial charge on any atom is 0.243 e. The molecule has 0 atom stereocenters. The fraction of sp³-hybridized carbons (Fsp3) is 0.318. The number of sulfonamides is 1. The van der Waals surface area contributed by atoms with Crippen LogP contribution < -0.4 is 10.1 Å². The number of aromatic nitrogens is 1. The van der Waals surface area contributed by atoms with Crippen LogP contribution in [0.5, 0.6) is 5.75 Å². The van der Waals surface area contributed by atoms with Gasteiger partial charge in [-0.2, -0.15) is 4.31 Å². The minimum Gasteiger partial charge on any atom is -0.495 e. The maximum absolute atomic E-state index is 13.0. The molecule has 1 saturated heterocycles. The zero-order valence-corrected chi connectivity index (χ0v) is 18.5. The Morgan fingerprint density at radius 2 is 1.87 bits per heavy atom. The normalized spacial score (nSPS) is 16.0. The van der Waals surface area contributed by atoms with Crippen molar-refractivity contribution in [3.05, 3.63) is 53.6 Å². The van der Waals surface area contributed by atoms with Crippen LogP contribution in [0.1, 0.15) is 19.8 Å². The lowest BCUT2D eigenvalue weighted by Gasteiger charge is -2.29. The third kappa shape index (κ3) is 4.24. The number of halogens is 1. The Kier molecular flexibility index (Phi) is 5.86. The Labute approximate surface area is 181 Å². The van der Waals surface area contributed by atoms with Crippen LogP contribution in [0.15, 0.2) is 53.4 Å². The highest BCUT2D eigenvalue weighted by molar-refractivity contribution is 7.89. The number of methoxy groups -OCH3 is 1. The summed E-state index contributed by atoms with van der Waals surface area (Å²) in [6.45, 7) is 3.31. The van der Waals surface area contributed by atoms with E-state index in [0.717, 1.165) is 18.2 Å². The van der Waals surface area contributed by atoms with Gasteiger partial charge >= 0.3 is 0 Å². The van der Waals surface area contributed by atoms with Crippen molar-refractivity contribution in [3.63, 3.8) is 0 Å². The summed E-state index contributed by atoms with van der Waals surface area (Å²) in [6.07, 6.45) is 1.80. The predicted molar refractivity (Wildman–Crippen MR) is 120 cm³/mol. The van der Waals surface area contributed by atoms with Crippen molar-refractivity contribution in [3.8, 4) is 5.75 Å². The van der Waals surface area contributed by atoms with E-state index in [1.54, 1.807) is 47.8 Å². The number of benzene rings is 2. The van der Waals surface area contributed by atoms with Crippen LogP contribution in [0.4, 0.5) is 11.5 Å². The molecule has 0 unspecified atom stereocenters. The molecule has 1 aliphatic rings. The molecule has 8 heteroatoms. The molecule has 0 amide bonds. The molecule has 1 N–H and O–H groups in total. The number of piperidine rings is 1. The fourth-order valence-corrected chi connectivity index (χ4v) is 5.30. The highest BCUT2D eigenvalue weighted by atomic mass is 35.5. The molecule has 0 spiro atoms. The number of pyridine rings is 1. The van der Waals surface area contributed by atoms with Crippen LogP contribution in [0, 0.1) is 5.92 Å². The number of anilines is 2. The summed E-state index contributed by atoms with van der Waals surface area (Å²) in [4.78, 5) is 4.91. The molecule has 0 radical (unpaired) electrons. The van der Waals surface area contributed by atoms with Gasteiger partial charge in [-0.15, -0.1) is 0 Å². The molecular weight excluding hydrogens is 422 g/mol. The number of rotatable bonds is 5. The van der Waals surface area contributed by atoms with Gasteiger partial charge in [0, 0.05) is 23.5 Å². The summed E-state index contributed by atoms with van der Waals surface area (Å²) >= 11 is 6.09. The zero-order valence-electron chi connectivity index (χ0n) is 16.9. The summed E-state index contributed by atoms with van der Waals surface area (Å²) in [6, 6.07) is 14.0. The van der Waals surface area contributed by atoms with Crippen molar-refractivity contribution in [1.82, 2.24) is 9.29 Å². The fourth-order valence-electron chi connectivity index (χ4n) is 3.62. The molecule has 0 bridgehead atoms. The van der Waals surface area contributed by atoms with E-state index in [-0.39, 0.29) is 0 Å². The van der Waals surface area contributed by atoms with Gasteiger partial charge in [-0.3, -0.25) is 0 Å². The van der Waals surface area contributed by atoms with E-state index < -0.39 is 10.0 Å². The standard InChI is InChI=1S/C22H24ClN3O3S/c1-15-9-11-26(12-10-15)30(27,28)18-5-6-19-16(13-18)3-8-22(24-19)25-20-14-17(23)4-7-21(20)29-2/h3-8,13-15H,9-12H2,1-2H3,(H,24,25). The van der Waals surface area contributed by atoms with Gasteiger partial charge in [0.1, 0.15) is 11.6 Å². The Morgan fingerprint density at radius 1 is 1.10 bits per heavy atom. The number of ether oxygens (including phenoxy) is 1. The molecule has 1 aromatic heterocycles. The second-order valence-electron chi connectivity index (χ2n) is 7.61. The summed E-state index contributed by atoms with van der Waals surface area (Å²) in [5.41, 5.74) is 1.41. The molecule has 30 heavy (non-hydrogen) atoms. The first-order valence-electron chi connectivity index (χ1n) is 9.88. The van der Waals surface area contributed by atoms with Gasteiger partial charge in [0.05, 0.1) is 23.2 Å². The second kappa shape index (κ2) is 8.41. The minimum atomic E-state index is -3.49. The molecule has 3 aromatic rings. The monoisotopic (exact) mass is 445 g/mol. The van der Waals surface area contributed by atoms with E-state index in [2.05, 4.69) is 17.2 Å². The predicted octanol–water partition coefficient (Wildman–Crippen LogP) is 5.06. The van der Waals surface area contributed by atoms with Crippen molar-refractivity contribution < 1.29 is 13.2 Å². The van der Waals surface area contributed by atoms with Crippen LogP contribution >= 0.6 is 11.6 Å². The van der Waals surface area contributed by atoms with Crippen molar-refractivity contribution in [2.24, 2.45) is 5.92 Å². The van der Waals surface area contributed by atoms with Crippen molar-refractivity contribution >= 4 is 44.0 Å². The first kappa shape index (κ1) is 20.9. The number of nitrogens with zero attached hydrogens (tertiary/aromatic N) is 2. The molecule has 1 fully saturated rings. The zero-order chi connectivity index (χ0) is 21.3. The van der Waals surface area contributed by atoms with Gasteiger partial charge in [-0.05, 0) is 67.3 Å². The minimum absolute atomic E-state index is 0.309. The van der Waals surface area contributed by atoms with Gasteiger partial charge < -0.3 is 10.1 Å². The molecule has 0 aliphatic carbocycles. The van der Waals surface area contributed by atoms with Gasteiger partial charge in [0.25, 0.3) is 0 Å². The van der Waals surface area contributed by atoms with E-state index in [0.29, 0.717) is 51.7 Å². The van der Waals surface area contributed by atoms with Gasteiger partial charge in [-0.25, -0.2) is 13.4 Å². The number of hydrogen-bond donors (Lipinski definition) is 1. The summed E-state index contributed by atoms with van der Waals surface area (Å²) in [7, 11) is -1.90. The number of fused-ring (bicyclic) bond motifs is 1. The Balaban J connectivity index is 1.61.